The number of anilines is 1. The van der Waals surface area contributed by atoms with Crippen LogP contribution in [0.25, 0.3) is 11.3 Å². The van der Waals surface area contributed by atoms with Crippen LogP contribution in [-0.4, -0.2) is 10.1 Å². The maximum absolute atomic E-state index is 13.7. The first-order chi connectivity index (χ1) is 13.7. The molecule has 2 aromatic carbocycles. The van der Waals surface area contributed by atoms with E-state index in [1.165, 1.54) is 11.6 Å². The highest BCUT2D eigenvalue weighted by Crippen LogP contribution is 2.25. The summed E-state index contributed by atoms with van der Waals surface area (Å²) in [5.41, 5.74) is 10.5. The lowest BCUT2D eigenvalue weighted by atomic mass is 10.0. The van der Waals surface area contributed by atoms with Crippen molar-refractivity contribution in [3.05, 3.63) is 101 Å². The second-order valence-electron chi connectivity index (χ2n) is 6.70. The molecule has 0 fully saturated rings. The van der Waals surface area contributed by atoms with Gasteiger partial charge in [0, 0.05) is 18.7 Å². The van der Waals surface area contributed by atoms with Crippen LogP contribution >= 0.6 is 0 Å². The van der Waals surface area contributed by atoms with Crippen molar-refractivity contribution in [3.8, 4) is 11.3 Å². The zero-order valence-corrected chi connectivity index (χ0v) is 15.3. The van der Waals surface area contributed by atoms with Gasteiger partial charge in [0.1, 0.15) is 11.6 Å². The normalized spacial score (nSPS) is 10.9. The summed E-state index contributed by atoms with van der Waals surface area (Å²) in [5, 5.41) is 4.14. The van der Waals surface area contributed by atoms with Crippen LogP contribution in [0.4, 0.5) is 10.2 Å². The predicted octanol–water partition coefficient (Wildman–Crippen LogP) is 4.83. The van der Waals surface area contributed by atoms with Crippen molar-refractivity contribution in [2.24, 2.45) is 0 Å². The first-order valence-electron chi connectivity index (χ1n) is 9.17. The van der Waals surface area contributed by atoms with Crippen molar-refractivity contribution in [3.63, 3.8) is 0 Å². The SMILES string of the molecule is Nc1ncccc1-c1cc(Cc2ccc(CCc3ccccc3F)cc2)no1. The number of nitrogens with zero attached hydrogens (tertiary/aromatic N) is 2. The van der Waals surface area contributed by atoms with Crippen molar-refractivity contribution in [1.82, 2.24) is 10.1 Å². The number of aryl methyl sites for hydroxylation is 2. The molecule has 140 valence electrons. The van der Waals surface area contributed by atoms with E-state index < -0.39 is 0 Å². The molecular formula is C23H20FN3O. The molecule has 2 aromatic heterocycles. The topological polar surface area (TPSA) is 64.9 Å². The molecule has 0 aliphatic rings. The molecule has 0 saturated heterocycles. The van der Waals surface area contributed by atoms with Crippen molar-refractivity contribution in [2.75, 3.05) is 5.73 Å². The molecule has 5 heteroatoms. The van der Waals surface area contributed by atoms with E-state index in [9.17, 15) is 4.39 Å². The second-order valence-corrected chi connectivity index (χ2v) is 6.70. The minimum atomic E-state index is -0.143. The smallest absolute Gasteiger partial charge is 0.170 e. The highest BCUT2D eigenvalue weighted by atomic mass is 19.1. The Morgan fingerprint density at radius 1 is 0.893 bits per heavy atom. The van der Waals surface area contributed by atoms with Crippen molar-refractivity contribution >= 4 is 5.82 Å². The summed E-state index contributed by atoms with van der Waals surface area (Å²) in [4.78, 5) is 4.07. The van der Waals surface area contributed by atoms with E-state index in [4.69, 9.17) is 10.3 Å². The standard InChI is InChI=1S/C23H20FN3O/c24-21-6-2-1-4-18(21)12-11-16-7-9-17(10-8-16)14-19-15-22(28-27-19)20-5-3-13-26-23(20)25/h1-10,13,15H,11-12,14H2,(H2,25,26). The Bertz CT molecular complexity index is 1070. The van der Waals surface area contributed by atoms with Crippen LogP contribution < -0.4 is 5.73 Å². The lowest BCUT2D eigenvalue weighted by molar-refractivity contribution is 0.425. The quantitative estimate of drug-likeness (QED) is 0.525. The summed E-state index contributed by atoms with van der Waals surface area (Å²) in [6.07, 6.45) is 3.79. The third kappa shape index (κ3) is 4.09. The summed E-state index contributed by atoms with van der Waals surface area (Å²) in [5.74, 6) is 0.890. The third-order valence-electron chi connectivity index (χ3n) is 4.71. The Hall–Kier alpha value is -3.47. The molecule has 0 radical (unpaired) electrons. The molecule has 0 bridgehead atoms. The molecule has 4 nitrogen and oxygen atoms in total. The Morgan fingerprint density at radius 3 is 2.46 bits per heavy atom. The average molecular weight is 373 g/mol. The van der Waals surface area contributed by atoms with Crippen LogP contribution in [0.2, 0.25) is 0 Å². The second kappa shape index (κ2) is 8.05. The largest absolute Gasteiger partial charge is 0.383 e. The van der Waals surface area contributed by atoms with Gasteiger partial charge in [-0.15, -0.1) is 0 Å². The van der Waals surface area contributed by atoms with E-state index in [1.54, 1.807) is 12.3 Å². The van der Waals surface area contributed by atoms with Gasteiger partial charge in [-0.3, -0.25) is 0 Å². The minimum absolute atomic E-state index is 0.143. The first kappa shape index (κ1) is 17.9. The number of hydrogen-bond acceptors (Lipinski definition) is 4. The van der Waals surface area contributed by atoms with Crippen LogP contribution in [0.1, 0.15) is 22.4 Å². The van der Waals surface area contributed by atoms with Gasteiger partial charge in [-0.1, -0.05) is 47.6 Å². The fourth-order valence-electron chi connectivity index (χ4n) is 3.16. The molecule has 28 heavy (non-hydrogen) atoms. The van der Waals surface area contributed by atoms with Gasteiger partial charge < -0.3 is 10.3 Å². The summed E-state index contributed by atoms with van der Waals surface area (Å²) < 4.78 is 19.1. The maximum atomic E-state index is 13.7. The lowest BCUT2D eigenvalue weighted by Gasteiger charge is -2.05. The van der Waals surface area contributed by atoms with Gasteiger partial charge in [-0.2, -0.15) is 0 Å². The van der Waals surface area contributed by atoms with E-state index in [1.807, 2.05) is 30.3 Å². The zero-order chi connectivity index (χ0) is 19.3. The fourth-order valence-corrected chi connectivity index (χ4v) is 3.16. The first-order valence-corrected chi connectivity index (χ1v) is 9.17. The van der Waals surface area contributed by atoms with Gasteiger partial charge in [0.05, 0.1) is 11.3 Å². The third-order valence-corrected chi connectivity index (χ3v) is 4.71. The van der Waals surface area contributed by atoms with Crippen LogP contribution in [0, 0.1) is 5.82 Å². The van der Waals surface area contributed by atoms with E-state index >= 15 is 0 Å². The van der Waals surface area contributed by atoms with Gasteiger partial charge in [-0.05, 0) is 47.7 Å². The van der Waals surface area contributed by atoms with Gasteiger partial charge in [0.25, 0.3) is 0 Å². The van der Waals surface area contributed by atoms with Gasteiger partial charge in [0.15, 0.2) is 5.76 Å². The van der Waals surface area contributed by atoms with E-state index in [-0.39, 0.29) is 5.82 Å². The highest BCUT2D eigenvalue weighted by Gasteiger charge is 2.10. The molecule has 0 aliphatic heterocycles. The molecule has 0 spiro atoms. The van der Waals surface area contributed by atoms with Crippen molar-refractivity contribution in [1.29, 1.82) is 0 Å². The maximum Gasteiger partial charge on any atom is 0.170 e. The summed E-state index contributed by atoms with van der Waals surface area (Å²) in [6.45, 7) is 0. The number of nitrogens with two attached hydrogens (primary N) is 1. The Labute approximate surface area is 162 Å². The fraction of sp³-hybridized carbons (Fsp3) is 0.130. The van der Waals surface area contributed by atoms with Gasteiger partial charge in [-0.25, -0.2) is 9.37 Å². The molecule has 0 unspecified atom stereocenters. The lowest BCUT2D eigenvalue weighted by Crippen LogP contribution is -1.95. The molecule has 0 atom stereocenters. The van der Waals surface area contributed by atoms with E-state index in [2.05, 4.69) is 34.4 Å². The molecule has 4 rings (SSSR count). The number of rotatable bonds is 6. The molecule has 0 saturated carbocycles. The van der Waals surface area contributed by atoms with Crippen LogP contribution in [0.3, 0.4) is 0 Å². The predicted molar refractivity (Wildman–Crippen MR) is 107 cm³/mol. The van der Waals surface area contributed by atoms with Gasteiger partial charge in [0.2, 0.25) is 0 Å². The highest BCUT2D eigenvalue weighted by molar-refractivity contribution is 5.69. The number of halogens is 1. The molecule has 0 amide bonds. The Balaban J connectivity index is 1.40. The molecule has 2 N–H and O–H groups in total. The molecule has 0 aliphatic carbocycles. The number of aromatic nitrogens is 2. The minimum Gasteiger partial charge on any atom is -0.383 e. The van der Waals surface area contributed by atoms with Crippen LogP contribution in [0.5, 0.6) is 0 Å². The van der Waals surface area contributed by atoms with Crippen molar-refractivity contribution in [2.45, 2.75) is 19.3 Å². The van der Waals surface area contributed by atoms with Crippen LogP contribution in [0.15, 0.2) is 77.4 Å². The summed E-state index contributed by atoms with van der Waals surface area (Å²) in [6, 6.07) is 20.8. The number of benzene rings is 2. The molecule has 2 heterocycles. The number of hydrogen-bond donors (Lipinski definition) is 1. The average Bonchev–Trinajstić information content (AvgIpc) is 3.17. The van der Waals surface area contributed by atoms with E-state index in [0.717, 1.165) is 28.8 Å². The Morgan fingerprint density at radius 2 is 1.68 bits per heavy atom. The Kier molecular flexibility index (Phi) is 5.15. The summed E-state index contributed by atoms with van der Waals surface area (Å²) >= 11 is 0. The van der Waals surface area contributed by atoms with E-state index in [0.29, 0.717) is 24.4 Å². The van der Waals surface area contributed by atoms with Gasteiger partial charge >= 0.3 is 0 Å². The number of pyridine rings is 1. The molecule has 4 aromatic rings. The van der Waals surface area contributed by atoms with Crippen molar-refractivity contribution < 1.29 is 8.91 Å². The number of nitrogen functional groups attached to an aromatic ring is 1. The van der Waals surface area contributed by atoms with Crippen LogP contribution in [-0.2, 0) is 19.3 Å². The zero-order valence-electron chi connectivity index (χ0n) is 15.3. The summed E-state index contributed by atoms with van der Waals surface area (Å²) in [7, 11) is 0. The monoisotopic (exact) mass is 373 g/mol. The molecular weight excluding hydrogens is 353 g/mol.